The number of hydrogen-bond acceptors (Lipinski definition) is 2. The largest absolute Gasteiger partial charge is 0.302 e. The molecule has 9 heavy (non-hydrogen) atoms. The molecular weight excluding hydrogens is 114 g/mol. The van der Waals surface area contributed by atoms with Crippen LogP contribution >= 0.6 is 0 Å². The Morgan fingerprint density at radius 1 is 1.33 bits per heavy atom. The first kappa shape index (κ1) is 8.14. The first-order valence-electron chi connectivity index (χ1n) is 2.83. The summed E-state index contributed by atoms with van der Waals surface area (Å²) in [6.07, 6.45) is 1.54. The third kappa shape index (κ3) is 7.14. The van der Waals surface area contributed by atoms with Crippen LogP contribution in [-0.2, 0) is 0 Å². The quantitative estimate of drug-likeness (QED) is 0.308. The van der Waals surface area contributed by atoms with E-state index in [0.29, 0.717) is 0 Å². The molecule has 0 atom stereocenters. The van der Waals surface area contributed by atoms with Gasteiger partial charge in [0, 0.05) is 19.8 Å². The molecule has 0 aliphatic heterocycles. The fourth-order valence-electron chi connectivity index (χ4n) is 0.245. The van der Waals surface area contributed by atoms with E-state index < -0.39 is 0 Å². The molecule has 52 valence electrons. The molecule has 0 heterocycles. The average molecular weight is 127 g/mol. The number of nitrogens with zero attached hydrogens (tertiary/aromatic N) is 3. The molecule has 0 saturated heterocycles. The number of aliphatic imine (C=N–C) groups is 1. The molecule has 0 N–H and O–H groups in total. The minimum Gasteiger partial charge on any atom is -0.302 e. The van der Waals surface area contributed by atoms with Crippen molar-refractivity contribution in [1.82, 2.24) is 5.01 Å². The summed E-state index contributed by atoms with van der Waals surface area (Å²) < 4.78 is 0. The van der Waals surface area contributed by atoms with Crippen molar-refractivity contribution in [3.05, 3.63) is 0 Å². The van der Waals surface area contributed by atoms with Crippen LogP contribution in [0.5, 0.6) is 0 Å². The van der Waals surface area contributed by atoms with Crippen LogP contribution in [0.1, 0.15) is 13.8 Å². The molecule has 0 aromatic rings. The van der Waals surface area contributed by atoms with Gasteiger partial charge in [-0.1, -0.05) is 0 Å². The summed E-state index contributed by atoms with van der Waals surface area (Å²) >= 11 is 0. The highest BCUT2D eigenvalue weighted by atomic mass is 15.4. The van der Waals surface area contributed by atoms with Crippen molar-refractivity contribution in [2.24, 2.45) is 10.1 Å². The van der Waals surface area contributed by atoms with Crippen molar-refractivity contribution in [2.45, 2.75) is 13.8 Å². The van der Waals surface area contributed by atoms with Crippen molar-refractivity contribution in [2.75, 3.05) is 14.1 Å². The molecule has 0 aliphatic carbocycles. The minimum absolute atomic E-state index is 1.01. The topological polar surface area (TPSA) is 28.0 Å². The monoisotopic (exact) mass is 127 g/mol. The molecular formula is C6H13N3. The Labute approximate surface area is 56.1 Å². The van der Waals surface area contributed by atoms with Gasteiger partial charge >= 0.3 is 0 Å². The highest BCUT2D eigenvalue weighted by Gasteiger charge is 1.73. The average Bonchev–Trinajstić information content (AvgIpc) is 1.63. The van der Waals surface area contributed by atoms with Crippen LogP contribution in [-0.4, -0.2) is 31.2 Å². The van der Waals surface area contributed by atoms with Crippen LogP contribution in [0.4, 0.5) is 0 Å². The maximum Gasteiger partial charge on any atom is 0.135 e. The van der Waals surface area contributed by atoms with Gasteiger partial charge in [-0.3, -0.25) is 0 Å². The molecule has 3 nitrogen and oxygen atoms in total. The molecule has 0 spiro atoms. The van der Waals surface area contributed by atoms with Crippen LogP contribution < -0.4 is 0 Å². The summed E-state index contributed by atoms with van der Waals surface area (Å²) in [7, 11) is 3.72. The molecule has 0 aromatic carbocycles. The van der Waals surface area contributed by atoms with Gasteiger partial charge in [-0.25, -0.2) is 4.99 Å². The van der Waals surface area contributed by atoms with Crippen LogP contribution in [0, 0.1) is 0 Å². The molecule has 0 aromatic heterocycles. The van der Waals surface area contributed by atoms with Crippen LogP contribution in [0.25, 0.3) is 0 Å². The molecule has 0 amide bonds. The third-order valence-corrected chi connectivity index (χ3v) is 0.599. The van der Waals surface area contributed by atoms with Crippen molar-refractivity contribution >= 4 is 12.1 Å². The summed E-state index contributed by atoms with van der Waals surface area (Å²) in [5, 5.41) is 5.59. The number of hydrazone groups is 1. The second-order valence-electron chi connectivity index (χ2n) is 2.15. The summed E-state index contributed by atoms with van der Waals surface area (Å²) in [6, 6.07) is 0. The van der Waals surface area contributed by atoms with Gasteiger partial charge in [-0.05, 0) is 13.8 Å². The Kier molecular flexibility index (Phi) is 3.67. The molecule has 0 radical (unpaired) electrons. The Morgan fingerprint density at radius 2 is 1.89 bits per heavy atom. The van der Waals surface area contributed by atoms with Crippen LogP contribution in [0.3, 0.4) is 0 Å². The van der Waals surface area contributed by atoms with Crippen molar-refractivity contribution in [1.29, 1.82) is 0 Å². The lowest BCUT2D eigenvalue weighted by Crippen LogP contribution is -2.01. The Hall–Kier alpha value is -0.860. The molecule has 0 fully saturated rings. The van der Waals surface area contributed by atoms with Gasteiger partial charge in [0.05, 0.1) is 0 Å². The van der Waals surface area contributed by atoms with E-state index in [0.717, 1.165) is 5.71 Å². The van der Waals surface area contributed by atoms with Gasteiger partial charge in [-0.15, -0.1) is 0 Å². The van der Waals surface area contributed by atoms with Crippen LogP contribution in [0.2, 0.25) is 0 Å². The predicted molar refractivity (Wildman–Crippen MR) is 41.0 cm³/mol. The number of rotatable bonds is 2. The highest BCUT2D eigenvalue weighted by Crippen LogP contribution is 1.74. The zero-order chi connectivity index (χ0) is 7.28. The second kappa shape index (κ2) is 4.06. The molecule has 0 bridgehead atoms. The van der Waals surface area contributed by atoms with E-state index >= 15 is 0 Å². The predicted octanol–water partition coefficient (Wildman–Crippen LogP) is 0.972. The van der Waals surface area contributed by atoms with E-state index in [9.17, 15) is 0 Å². The van der Waals surface area contributed by atoms with Gasteiger partial charge in [0.2, 0.25) is 0 Å². The standard InChI is InChI=1S/C6H13N3/c1-6(2)7-5-8-9(3)4/h5H,1-4H3/b8-5-. The Balaban J connectivity index is 3.60. The molecule has 3 heteroatoms. The Morgan fingerprint density at radius 3 is 2.22 bits per heavy atom. The summed E-state index contributed by atoms with van der Waals surface area (Å²) in [5.41, 5.74) is 1.01. The lowest BCUT2D eigenvalue weighted by molar-refractivity contribution is 0.439. The highest BCUT2D eigenvalue weighted by molar-refractivity contribution is 5.86. The fraction of sp³-hybridized carbons (Fsp3) is 0.667. The van der Waals surface area contributed by atoms with E-state index in [2.05, 4.69) is 10.1 Å². The Bertz CT molecular complexity index is 120. The van der Waals surface area contributed by atoms with E-state index in [-0.39, 0.29) is 0 Å². The lowest BCUT2D eigenvalue weighted by Gasteiger charge is -1.99. The smallest absolute Gasteiger partial charge is 0.135 e. The normalized spacial score (nSPS) is 9.78. The van der Waals surface area contributed by atoms with Gasteiger partial charge in [0.25, 0.3) is 0 Å². The summed E-state index contributed by atoms with van der Waals surface area (Å²) in [6.45, 7) is 3.86. The minimum atomic E-state index is 1.01. The number of hydrogen-bond donors (Lipinski definition) is 0. The summed E-state index contributed by atoms with van der Waals surface area (Å²) in [4.78, 5) is 3.95. The molecule has 0 unspecified atom stereocenters. The van der Waals surface area contributed by atoms with Crippen molar-refractivity contribution in [3.8, 4) is 0 Å². The van der Waals surface area contributed by atoms with Gasteiger partial charge in [-0.2, -0.15) is 5.10 Å². The SMILES string of the molecule is CC(C)=N/C=N\N(C)C. The molecule has 0 saturated carbocycles. The zero-order valence-electron chi connectivity index (χ0n) is 6.42. The van der Waals surface area contributed by atoms with E-state index in [1.54, 1.807) is 5.01 Å². The molecule has 0 rings (SSSR count). The van der Waals surface area contributed by atoms with E-state index in [1.807, 2.05) is 27.9 Å². The zero-order valence-corrected chi connectivity index (χ0v) is 6.42. The van der Waals surface area contributed by atoms with Crippen molar-refractivity contribution < 1.29 is 0 Å². The lowest BCUT2D eigenvalue weighted by atomic mass is 10.5. The van der Waals surface area contributed by atoms with Gasteiger partial charge in [0.15, 0.2) is 0 Å². The maximum absolute atomic E-state index is 3.95. The molecule has 0 aliphatic rings. The van der Waals surface area contributed by atoms with E-state index in [1.165, 1.54) is 6.34 Å². The summed E-state index contributed by atoms with van der Waals surface area (Å²) in [5.74, 6) is 0. The van der Waals surface area contributed by atoms with E-state index in [4.69, 9.17) is 0 Å². The fourth-order valence-corrected chi connectivity index (χ4v) is 0.245. The van der Waals surface area contributed by atoms with Crippen molar-refractivity contribution in [3.63, 3.8) is 0 Å². The second-order valence-corrected chi connectivity index (χ2v) is 2.15. The maximum atomic E-state index is 3.95. The van der Waals surface area contributed by atoms with Gasteiger partial charge < -0.3 is 5.01 Å². The first-order chi connectivity index (χ1) is 4.13. The third-order valence-electron chi connectivity index (χ3n) is 0.599. The van der Waals surface area contributed by atoms with Crippen LogP contribution in [0.15, 0.2) is 10.1 Å². The van der Waals surface area contributed by atoms with Gasteiger partial charge in [0.1, 0.15) is 6.34 Å². The first-order valence-corrected chi connectivity index (χ1v) is 2.83.